The van der Waals surface area contributed by atoms with Crippen LogP contribution in [0, 0.1) is 5.82 Å². The maximum absolute atomic E-state index is 13.8. The van der Waals surface area contributed by atoms with Crippen LogP contribution in [0.25, 0.3) is 0 Å². The molecule has 3 rings (SSSR count). The molecule has 0 spiro atoms. The Morgan fingerprint density at radius 1 is 1.12 bits per heavy atom. The molecule has 0 aliphatic heterocycles. The van der Waals surface area contributed by atoms with Gasteiger partial charge in [0.25, 0.3) is 5.91 Å². The lowest BCUT2D eigenvalue weighted by Crippen LogP contribution is -2.29. The molecule has 0 saturated heterocycles. The van der Waals surface area contributed by atoms with Crippen LogP contribution in [-0.2, 0) is 6.42 Å². The smallest absolute Gasteiger partial charge is 0.272 e. The van der Waals surface area contributed by atoms with Crippen molar-refractivity contribution in [2.45, 2.75) is 6.42 Å². The van der Waals surface area contributed by atoms with Gasteiger partial charge < -0.3 is 10.2 Å². The van der Waals surface area contributed by atoms with E-state index >= 15 is 0 Å². The molecule has 0 aliphatic carbocycles. The molecule has 5 nitrogen and oxygen atoms in total. The number of hydrogen-bond acceptors (Lipinski definition) is 4. The first-order valence-electron chi connectivity index (χ1n) is 8.25. The van der Waals surface area contributed by atoms with E-state index in [1.54, 1.807) is 54.7 Å². The van der Waals surface area contributed by atoms with E-state index in [0.29, 0.717) is 23.6 Å². The Morgan fingerprint density at radius 2 is 1.88 bits per heavy atom. The zero-order chi connectivity index (χ0) is 18.4. The molecule has 6 heteroatoms. The van der Waals surface area contributed by atoms with Gasteiger partial charge in [0.2, 0.25) is 0 Å². The van der Waals surface area contributed by atoms with Crippen LogP contribution in [0.3, 0.4) is 0 Å². The summed E-state index contributed by atoms with van der Waals surface area (Å²) in [5.41, 5.74) is 2.38. The molecule has 2 aromatic heterocycles. The molecule has 1 aromatic carbocycles. The van der Waals surface area contributed by atoms with Gasteiger partial charge in [-0.15, -0.1) is 0 Å². The van der Waals surface area contributed by atoms with Crippen molar-refractivity contribution in [1.82, 2.24) is 14.9 Å². The lowest BCUT2D eigenvalue weighted by Gasteiger charge is -2.17. The highest BCUT2D eigenvalue weighted by Crippen LogP contribution is 2.20. The first-order chi connectivity index (χ1) is 12.6. The highest BCUT2D eigenvalue weighted by molar-refractivity contribution is 5.93. The summed E-state index contributed by atoms with van der Waals surface area (Å²) in [4.78, 5) is 22.3. The number of benzene rings is 1. The number of carbonyl (C=O) groups excluding carboxylic acids is 1. The predicted molar refractivity (Wildman–Crippen MR) is 98.8 cm³/mol. The molecule has 0 saturated carbocycles. The molecule has 1 N–H and O–H groups in total. The third-order valence-electron chi connectivity index (χ3n) is 3.96. The lowest BCUT2D eigenvalue weighted by atomic mass is 10.2. The van der Waals surface area contributed by atoms with Crippen LogP contribution >= 0.6 is 0 Å². The summed E-state index contributed by atoms with van der Waals surface area (Å²) in [6, 6.07) is 13.6. The number of nitrogens with one attached hydrogen (secondary N) is 1. The van der Waals surface area contributed by atoms with Gasteiger partial charge in [0.1, 0.15) is 11.5 Å². The summed E-state index contributed by atoms with van der Waals surface area (Å²) in [6.07, 6.45) is 5.73. The largest absolute Gasteiger partial charge is 0.353 e. The highest BCUT2D eigenvalue weighted by atomic mass is 19.1. The number of nitrogens with zero attached hydrogens (tertiary/aromatic N) is 3. The fourth-order valence-corrected chi connectivity index (χ4v) is 2.49. The molecule has 0 atom stereocenters. The minimum atomic E-state index is -0.355. The Kier molecular flexibility index (Phi) is 5.53. The van der Waals surface area contributed by atoms with Crippen molar-refractivity contribution in [3.63, 3.8) is 0 Å². The number of amides is 1. The van der Waals surface area contributed by atoms with Gasteiger partial charge in [-0.25, -0.2) is 4.39 Å². The van der Waals surface area contributed by atoms with Crippen LogP contribution in [0.5, 0.6) is 0 Å². The number of pyridine rings is 2. The number of hydrogen-bond donors (Lipinski definition) is 1. The van der Waals surface area contributed by atoms with Crippen molar-refractivity contribution in [3.8, 4) is 0 Å². The van der Waals surface area contributed by atoms with Crippen LogP contribution < -0.4 is 5.32 Å². The standard InChI is InChI=1S/C20H19FN4O/c1-25(13-9-15-6-10-22-11-7-15)20(26)19-14-16(8-12-23-19)24-18-5-3-2-4-17(18)21/h2-8,10-12,14H,9,13H2,1H3,(H,23,24). The Balaban J connectivity index is 1.66. The van der Waals surface area contributed by atoms with E-state index in [1.807, 2.05) is 12.1 Å². The minimum Gasteiger partial charge on any atom is -0.353 e. The predicted octanol–water partition coefficient (Wildman–Crippen LogP) is 3.67. The van der Waals surface area contributed by atoms with E-state index in [9.17, 15) is 9.18 Å². The van der Waals surface area contributed by atoms with Gasteiger partial charge >= 0.3 is 0 Å². The summed E-state index contributed by atoms with van der Waals surface area (Å²) < 4.78 is 13.8. The third-order valence-corrected chi connectivity index (χ3v) is 3.96. The number of likely N-dealkylation sites (N-methyl/N-ethyl adjacent to an activating group) is 1. The van der Waals surface area contributed by atoms with Crippen molar-refractivity contribution >= 4 is 17.3 Å². The van der Waals surface area contributed by atoms with Crippen molar-refractivity contribution in [2.75, 3.05) is 18.9 Å². The molecule has 0 radical (unpaired) electrons. The molecule has 1 amide bonds. The first kappa shape index (κ1) is 17.5. The first-order valence-corrected chi connectivity index (χ1v) is 8.25. The molecular weight excluding hydrogens is 331 g/mol. The SMILES string of the molecule is CN(CCc1ccncc1)C(=O)c1cc(Nc2ccccc2F)ccn1. The normalized spacial score (nSPS) is 10.4. The van der Waals surface area contributed by atoms with E-state index in [0.717, 1.165) is 12.0 Å². The number of halogens is 1. The Morgan fingerprint density at radius 3 is 2.65 bits per heavy atom. The second kappa shape index (κ2) is 8.20. The average Bonchev–Trinajstić information content (AvgIpc) is 2.68. The molecule has 0 unspecified atom stereocenters. The van der Waals surface area contributed by atoms with Gasteiger partial charge in [0.15, 0.2) is 0 Å². The summed E-state index contributed by atoms with van der Waals surface area (Å²) in [5, 5.41) is 2.97. The summed E-state index contributed by atoms with van der Waals surface area (Å²) >= 11 is 0. The summed E-state index contributed by atoms with van der Waals surface area (Å²) in [6.45, 7) is 0.565. The summed E-state index contributed by atoms with van der Waals surface area (Å²) in [7, 11) is 1.74. The fourth-order valence-electron chi connectivity index (χ4n) is 2.49. The van der Waals surface area contributed by atoms with E-state index in [2.05, 4.69) is 15.3 Å². The molecule has 132 valence electrons. The van der Waals surface area contributed by atoms with Gasteiger partial charge in [-0.1, -0.05) is 12.1 Å². The lowest BCUT2D eigenvalue weighted by molar-refractivity contribution is 0.0791. The van der Waals surface area contributed by atoms with E-state index in [-0.39, 0.29) is 11.7 Å². The van der Waals surface area contributed by atoms with Crippen LogP contribution in [0.1, 0.15) is 16.1 Å². The van der Waals surface area contributed by atoms with Gasteiger partial charge in [-0.2, -0.15) is 0 Å². The van der Waals surface area contributed by atoms with E-state index < -0.39 is 0 Å². The molecular formula is C20H19FN4O. The third kappa shape index (κ3) is 4.42. The molecule has 0 bridgehead atoms. The monoisotopic (exact) mass is 350 g/mol. The summed E-state index contributed by atoms with van der Waals surface area (Å²) in [5.74, 6) is -0.539. The zero-order valence-electron chi connectivity index (χ0n) is 14.4. The molecule has 0 fully saturated rings. The van der Waals surface area contributed by atoms with E-state index in [1.165, 1.54) is 12.3 Å². The quantitative estimate of drug-likeness (QED) is 0.737. The van der Waals surface area contributed by atoms with Crippen LogP contribution in [0.15, 0.2) is 67.1 Å². The molecule has 0 aliphatic rings. The topological polar surface area (TPSA) is 58.1 Å². The van der Waals surface area contributed by atoms with Gasteiger partial charge in [0, 0.05) is 37.9 Å². The maximum Gasteiger partial charge on any atom is 0.272 e. The van der Waals surface area contributed by atoms with Crippen LogP contribution in [0.4, 0.5) is 15.8 Å². The van der Waals surface area contributed by atoms with Crippen molar-refractivity contribution in [1.29, 1.82) is 0 Å². The molecule has 3 aromatic rings. The number of carbonyl (C=O) groups is 1. The second-order valence-corrected chi connectivity index (χ2v) is 5.87. The highest BCUT2D eigenvalue weighted by Gasteiger charge is 2.14. The van der Waals surface area contributed by atoms with Gasteiger partial charge in [-0.05, 0) is 48.4 Å². The van der Waals surface area contributed by atoms with Gasteiger partial charge in [0.05, 0.1) is 5.69 Å². The molecule has 26 heavy (non-hydrogen) atoms. The van der Waals surface area contributed by atoms with Gasteiger partial charge in [-0.3, -0.25) is 14.8 Å². The fraction of sp³-hybridized carbons (Fsp3) is 0.150. The second-order valence-electron chi connectivity index (χ2n) is 5.87. The average molecular weight is 350 g/mol. The number of aromatic nitrogens is 2. The zero-order valence-corrected chi connectivity index (χ0v) is 14.4. The Hall–Kier alpha value is -3.28. The van der Waals surface area contributed by atoms with Crippen LogP contribution in [-0.4, -0.2) is 34.4 Å². The minimum absolute atomic E-state index is 0.184. The Labute approximate surface area is 151 Å². The van der Waals surface area contributed by atoms with E-state index in [4.69, 9.17) is 0 Å². The number of rotatable bonds is 6. The Bertz CT molecular complexity index is 886. The maximum atomic E-state index is 13.8. The van der Waals surface area contributed by atoms with Crippen molar-refractivity contribution in [3.05, 3.63) is 84.2 Å². The number of anilines is 2. The molecule has 2 heterocycles. The van der Waals surface area contributed by atoms with Crippen LogP contribution in [0.2, 0.25) is 0 Å². The van der Waals surface area contributed by atoms with Crippen molar-refractivity contribution in [2.24, 2.45) is 0 Å². The van der Waals surface area contributed by atoms with Crippen molar-refractivity contribution < 1.29 is 9.18 Å². The number of para-hydroxylation sites is 1.